The molecule has 1 aliphatic heterocycles. The van der Waals surface area contributed by atoms with Crippen molar-refractivity contribution in [1.29, 1.82) is 0 Å². The second-order valence-corrected chi connectivity index (χ2v) is 7.00. The van der Waals surface area contributed by atoms with Gasteiger partial charge in [-0.1, -0.05) is 6.07 Å². The molecule has 0 aromatic carbocycles. The van der Waals surface area contributed by atoms with E-state index in [1.165, 1.54) is 9.30 Å². The second kappa shape index (κ2) is 6.61. The standard InChI is InChI=1S/C19H20FN5O2/c1-12-5-6-14-22-15(17(20)25(14)10-12)19(27)24-8-3-4-13(11-24)16(26)18-21-7-9-23(18)2/h5-7,9-10,13H,3-4,8,11H2,1-2H3/t13-/m1/s1. The Bertz CT molecular complexity index is 1040. The summed E-state index contributed by atoms with van der Waals surface area (Å²) in [5.74, 6) is -1.21. The predicted molar refractivity (Wildman–Crippen MR) is 96.1 cm³/mol. The molecule has 3 aromatic heterocycles. The van der Waals surface area contributed by atoms with Gasteiger partial charge >= 0.3 is 0 Å². The van der Waals surface area contributed by atoms with Gasteiger partial charge in [-0.2, -0.15) is 4.39 Å². The average molecular weight is 369 g/mol. The number of aromatic nitrogens is 4. The van der Waals surface area contributed by atoms with E-state index in [0.29, 0.717) is 30.9 Å². The van der Waals surface area contributed by atoms with Crippen LogP contribution in [-0.4, -0.2) is 48.6 Å². The van der Waals surface area contributed by atoms with Crippen LogP contribution in [0.1, 0.15) is 39.5 Å². The largest absolute Gasteiger partial charge is 0.336 e. The number of carbonyl (C=O) groups is 2. The predicted octanol–water partition coefficient (Wildman–Crippen LogP) is 2.25. The molecule has 1 saturated heterocycles. The molecular formula is C19H20FN5O2. The first-order valence-electron chi connectivity index (χ1n) is 8.90. The molecule has 8 heteroatoms. The maximum atomic E-state index is 14.7. The summed E-state index contributed by atoms with van der Waals surface area (Å²) in [4.78, 5) is 35.4. The first-order chi connectivity index (χ1) is 13.0. The van der Waals surface area contributed by atoms with Crippen LogP contribution in [0.2, 0.25) is 0 Å². The van der Waals surface area contributed by atoms with Crippen molar-refractivity contribution in [1.82, 2.24) is 23.8 Å². The molecule has 27 heavy (non-hydrogen) atoms. The normalized spacial score (nSPS) is 17.4. The van der Waals surface area contributed by atoms with Gasteiger partial charge in [0, 0.05) is 44.6 Å². The van der Waals surface area contributed by atoms with Crippen molar-refractivity contribution in [3.05, 3.63) is 53.8 Å². The molecule has 0 unspecified atom stereocenters. The van der Waals surface area contributed by atoms with Gasteiger partial charge in [0.15, 0.2) is 11.5 Å². The number of nitrogens with zero attached hydrogens (tertiary/aromatic N) is 5. The number of imidazole rings is 2. The summed E-state index contributed by atoms with van der Waals surface area (Å²) in [5, 5.41) is 0. The van der Waals surface area contributed by atoms with Crippen LogP contribution >= 0.6 is 0 Å². The molecule has 1 amide bonds. The fraction of sp³-hybridized carbons (Fsp3) is 0.368. The molecule has 0 N–H and O–H groups in total. The number of aryl methyl sites for hydroxylation is 2. The number of pyridine rings is 1. The molecule has 4 heterocycles. The zero-order valence-corrected chi connectivity index (χ0v) is 15.2. The minimum atomic E-state index is -0.670. The van der Waals surface area contributed by atoms with Crippen molar-refractivity contribution in [3.8, 4) is 0 Å². The molecule has 0 spiro atoms. The van der Waals surface area contributed by atoms with Gasteiger partial charge in [0.2, 0.25) is 11.7 Å². The zero-order valence-electron chi connectivity index (χ0n) is 15.2. The highest BCUT2D eigenvalue weighted by Crippen LogP contribution is 2.23. The van der Waals surface area contributed by atoms with E-state index in [-0.39, 0.29) is 23.9 Å². The molecule has 1 aliphatic rings. The van der Waals surface area contributed by atoms with Crippen molar-refractivity contribution in [2.45, 2.75) is 19.8 Å². The van der Waals surface area contributed by atoms with Crippen LogP contribution in [0.4, 0.5) is 4.39 Å². The van der Waals surface area contributed by atoms with Crippen molar-refractivity contribution in [2.24, 2.45) is 13.0 Å². The molecule has 7 nitrogen and oxygen atoms in total. The summed E-state index contributed by atoms with van der Waals surface area (Å²) in [6.45, 7) is 2.57. The minimum Gasteiger partial charge on any atom is -0.336 e. The van der Waals surface area contributed by atoms with E-state index in [0.717, 1.165) is 5.56 Å². The van der Waals surface area contributed by atoms with Gasteiger partial charge in [-0.3, -0.25) is 14.0 Å². The van der Waals surface area contributed by atoms with Crippen LogP contribution in [0, 0.1) is 18.8 Å². The Labute approximate surface area is 155 Å². The fourth-order valence-electron chi connectivity index (χ4n) is 3.57. The van der Waals surface area contributed by atoms with Crippen LogP contribution in [0.25, 0.3) is 5.65 Å². The van der Waals surface area contributed by atoms with Crippen molar-refractivity contribution < 1.29 is 14.0 Å². The zero-order chi connectivity index (χ0) is 19.1. The third-order valence-corrected chi connectivity index (χ3v) is 5.03. The molecule has 0 radical (unpaired) electrons. The van der Waals surface area contributed by atoms with E-state index >= 15 is 0 Å². The van der Waals surface area contributed by atoms with Crippen LogP contribution < -0.4 is 0 Å². The summed E-state index contributed by atoms with van der Waals surface area (Å²) >= 11 is 0. The lowest BCUT2D eigenvalue weighted by Crippen LogP contribution is -2.43. The minimum absolute atomic E-state index is 0.0916. The fourth-order valence-corrected chi connectivity index (χ4v) is 3.57. The highest BCUT2D eigenvalue weighted by molar-refractivity contribution is 5.97. The summed E-state index contributed by atoms with van der Waals surface area (Å²) in [5.41, 5.74) is 1.06. The van der Waals surface area contributed by atoms with Crippen LogP contribution in [0.15, 0.2) is 30.7 Å². The first-order valence-corrected chi connectivity index (χ1v) is 8.90. The first kappa shape index (κ1) is 17.4. The van der Waals surface area contributed by atoms with E-state index in [1.54, 1.807) is 36.3 Å². The number of rotatable bonds is 3. The lowest BCUT2D eigenvalue weighted by molar-refractivity contribution is 0.0624. The topological polar surface area (TPSA) is 72.5 Å². The van der Waals surface area contributed by atoms with Crippen molar-refractivity contribution in [2.75, 3.05) is 13.1 Å². The number of piperidine rings is 1. The average Bonchev–Trinajstić information content (AvgIpc) is 3.24. The second-order valence-electron chi connectivity index (χ2n) is 7.00. The maximum absolute atomic E-state index is 14.7. The smallest absolute Gasteiger partial charge is 0.277 e. The van der Waals surface area contributed by atoms with Gasteiger partial charge < -0.3 is 9.47 Å². The van der Waals surface area contributed by atoms with Crippen LogP contribution in [0.5, 0.6) is 0 Å². The maximum Gasteiger partial charge on any atom is 0.277 e. The Kier molecular flexibility index (Phi) is 4.25. The summed E-state index contributed by atoms with van der Waals surface area (Å²) in [6, 6.07) is 3.50. The summed E-state index contributed by atoms with van der Waals surface area (Å²) in [6.07, 6.45) is 6.26. The van der Waals surface area contributed by atoms with Crippen LogP contribution in [-0.2, 0) is 7.05 Å². The third-order valence-electron chi connectivity index (χ3n) is 5.03. The molecule has 0 aliphatic carbocycles. The van der Waals surface area contributed by atoms with Gasteiger partial charge in [0.25, 0.3) is 5.91 Å². The monoisotopic (exact) mass is 369 g/mol. The van der Waals surface area contributed by atoms with E-state index < -0.39 is 11.9 Å². The van der Waals surface area contributed by atoms with Crippen molar-refractivity contribution >= 4 is 17.3 Å². The van der Waals surface area contributed by atoms with Crippen LogP contribution in [0.3, 0.4) is 0 Å². The van der Waals surface area contributed by atoms with Crippen molar-refractivity contribution in [3.63, 3.8) is 0 Å². The Morgan fingerprint density at radius 3 is 2.85 bits per heavy atom. The quantitative estimate of drug-likeness (QED) is 0.664. The molecule has 4 rings (SSSR count). The van der Waals surface area contributed by atoms with Gasteiger partial charge in [-0.05, 0) is 31.4 Å². The number of hydrogen-bond acceptors (Lipinski definition) is 4. The summed E-state index contributed by atoms with van der Waals surface area (Å²) < 4.78 is 17.7. The Hall–Kier alpha value is -3.03. The molecule has 1 fully saturated rings. The number of fused-ring (bicyclic) bond motifs is 1. The molecule has 0 bridgehead atoms. The lowest BCUT2D eigenvalue weighted by atomic mass is 9.93. The summed E-state index contributed by atoms with van der Waals surface area (Å²) in [7, 11) is 1.76. The molecule has 140 valence electrons. The van der Waals surface area contributed by atoms with E-state index in [4.69, 9.17) is 0 Å². The number of likely N-dealkylation sites (tertiary alicyclic amines) is 1. The number of amides is 1. The Morgan fingerprint density at radius 1 is 1.30 bits per heavy atom. The SMILES string of the molecule is Cc1ccc2nc(C(=O)N3CCC[C@@H](C(=O)c4nccn4C)C3)c(F)n2c1. The van der Waals surface area contributed by atoms with E-state index in [1.807, 2.05) is 13.0 Å². The lowest BCUT2D eigenvalue weighted by Gasteiger charge is -2.31. The molecule has 0 saturated carbocycles. The number of ketones is 1. The molecule has 1 atom stereocenters. The number of carbonyl (C=O) groups excluding carboxylic acids is 2. The molecule has 3 aromatic rings. The Balaban J connectivity index is 1.58. The highest BCUT2D eigenvalue weighted by atomic mass is 19.1. The van der Waals surface area contributed by atoms with Gasteiger partial charge in [-0.15, -0.1) is 0 Å². The Morgan fingerprint density at radius 2 is 2.11 bits per heavy atom. The number of Topliss-reactive ketones (excluding diaryl/α,β-unsaturated/α-hetero) is 1. The van der Waals surface area contributed by atoms with Gasteiger partial charge in [0.05, 0.1) is 0 Å². The highest BCUT2D eigenvalue weighted by Gasteiger charge is 2.33. The van der Waals surface area contributed by atoms with E-state index in [2.05, 4.69) is 9.97 Å². The van der Waals surface area contributed by atoms with E-state index in [9.17, 15) is 14.0 Å². The van der Waals surface area contributed by atoms with Gasteiger partial charge in [-0.25, -0.2) is 9.97 Å². The third kappa shape index (κ3) is 3.01. The van der Waals surface area contributed by atoms with Gasteiger partial charge in [0.1, 0.15) is 5.65 Å². The molecular weight excluding hydrogens is 349 g/mol. The number of halogens is 1. The number of hydrogen-bond donors (Lipinski definition) is 0.